The fourth-order valence-electron chi connectivity index (χ4n) is 19.9. The molecule has 16 aliphatic rings. The fraction of sp³-hybridized carbons (Fsp3) is 0.478. The van der Waals surface area contributed by atoms with E-state index < -0.39 is 0 Å². The summed E-state index contributed by atoms with van der Waals surface area (Å²) in [5.41, 5.74) is 32.5. The van der Waals surface area contributed by atoms with Crippen LogP contribution >= 0.6 is 23.2 Å². The zero-order valence-electron chi connectivity index (χ0n) is 72.6. The van der Waals surface area contributed by atoms with E-state index in [4.69, 9.17) is 51.6 Å². The van der Waals surface area contributed by atoms with Crippen LogP contribution in [0, 0.1) is 0 Å². The molecule has 8 aromatic carbocycles. The standard InChI is InChI=1S/2C23H28N4O2.2C20H24N4O.2C3H5ClO.2Na.2H2O/c1-3-25-14-24(2)9-16-4-6-22-20(23(16)25)11-27-15-26(22)10-17-8-18(5-7-21(17)27)28-12-19-13-29-19;1-3-25-14-24(2)9-17-8-21(29-13-18-12-28-18)23-19(22(17)25)11-26-15-27(23)10-16-6-4-5-7-20(16)26;1-3-22-12-21(2)9-14-4-6-19-17(20(14)22)11-24-13-23(19)10-15-8-16(25)5-7-18(15)24;1-3-22-12-21(2)9-15-8-18(25)20-16(19(15)22)11-23-13-24(20)10-14-6-4-5-7-17(14)23;2*4-1-3-2-5-3;;;;/h4-8,19H,3,9-15H2,1-2H3;4-8,18H,3,9-15H2,1-2H3;2*4-8,25H,3,9-13H2,1-2H3;2*3H,1-2H2;;;2*1H2/q;;;;;;2*+1;;/p-2. The number of epoxide rings is 4. The maximum Gasteiger partial charge on any atom is 1.00 e. The van der Waals surface area contributed by atoms with E-state index in [2.05, 4.69) is 237 Å². The first kappa shape index (κ1) is 89.6. The van der Waals surface area contributed by atoms with Gasteiger partial charge in [0.25, 0.3) is 0 Å². The van der Waals surface area contributed by atoms with Crippen molar-refractivity contribution in [1.29, 1.82) is 0 Å². The van der Waals surface area contributed by atoms with Gasteiger partial charge in [0.05, 0.1) is 115 Å². The number of hydrogen-bond donors (Lipinski definition) is 2. The summed E-state index contributed by atoms with van der Waals surface area (Å²) >= 11 is 10.5. The van der Waals surface area contributed by atoms with Gasteiger partial charge in [-0.25, -0.2) is 0 Å². The summed E-state index contributed by atoms with van der Waals surface area (Å²) in [6, 6.07) is 43.4. The molecule has 8 aromatic rings. The normalized spacial score (nSPS) is 21.0. The van der Waals surface area contributed by atoms with Gasteiger partial charge in [-0.3, -0.25) is 19.6 Å². The number of rotatable bonds is 12. The molecule has 4 fully saturated rings. The summed E-state index contributed by atoms with van der Waals surface area (Å²) in [7, 11) is 8.73. The van der Waals surface area contributed by atoms with Crippen molar-refractivity contribution in [3.63, 3.8) is 0 Å². The van der Waals surface area contributed by atoms with Crippen molar-refractivity contribution < 1.29 is 109 Å². The van der Waals surface area contributed by atoms with Gasteiger partial charge in [0.2, 0.25) is 0 Å². The summed E-state index contributed by atoms with van der Waals surface area (Å²) in [5, 5.41) is 20.7. The predicted octanol–water partition coefficient (Wildman–Crippen LogP) is 6.72. The quantitative estimate of drug-likeness (QED) is 0.0736. The molecular weight excluding hydrogens is 1610 g/mol. The molecule has 0 radical (unpaired) electrons. The molecule has 0 saturated carbocycles. The van der Waals surface area contributed by atoms with Gasteiger partial charge in [-0.2, -0.15) is 0 Å². The molecule has 16 heterocycles. The van der Waals surface area contributed by atoms with Crippen LogP contribution in [0.15, 0.2) is 121 Å². The number of halogens is 2. The SMILES string of the molecule is CCN1CN(C)Cc2cc(O)c3c(c21)CN1CN3Cc2ccccc21.CCN1CN(C)Cc2cc(OCC3CO3)c3c(c21)CN1CN3Cc2ccccc21.CCN1CN(C)Cc2ccc3c(c21)CN1CN3Cc2cc(O)ccc21.CCN1CN(C)Cc2ccc3c(c21)CN1CN3Cc2cc(OCC3CO3)ccc21.ClCC1CO1.ClCC1CO1.[Na+].[Na+].[OH-].[OH-]. The van der Waals surface area contributed by atoms with Gasteiger partial charge < -0.3 is 108 Å². The number of hydrogen-bond acceptors (Lipinski definition) is 26. The first-order valence-corrected chi connectivity index (χ1v) is 43.7. The Morgan fingerprint density at radius 3 is 1.12 bits per heavy atom. The van der Waals surface area contributed by atoms with Gasteiger partial charge in [0.15, 0.2) is 0 Å². The van der Waals surface area contributed by atoms with Crippen LogP contribution in [0.1, 0.15) is 94.5 Å². The van der Waals surface area contributed by atoms with Gasteiger partial charge in [-0.15, -0.1) is 23.2 Å². The number of fused-ring (bicyclic) bond motifs is 32. The van der Waals surface area contributed by atoms with E-state index in [1.165, 1.54) is 129 Å². The Hall–Kier alpha value is -7.26. The molecular formula is C92H116Cl2N16Na2O10. The third kappa shape index (κ3) is 18.4. The largest absolute Gasteiger partial charge is 1.00 e. The molecule has 26 nitrogen and oxygen atoms in total. The number of nitrogens with zero attached hydrogens (tertiary/aromatic N) is 16. The molecule has 0 aromatic heterocycles. The van der Waals surface area contributed by atoms with E-state index in [0.717, 1.165) is 202 Å². The summed E-state index contributed by atoms with van der Waals surface area (Å²) in [5.74, 6) is 4.10. The number of aromatic hydroxyl groups is 2. The Bertz CT molecular complexity index is 5060. The smallest absolute Gasteiger partial charge is 0.870 e. The van der Waals surface area contributed by atoms with Gasteiger partial charge in [-0.05, 0) is 173 Å². The minimum Gasteiger partial charge on any atom is -0.870 e. The molecule has 24 rings (SSSR count). The molecule has 4 atom stereocenters. The molecule has 640 valence electrons. The zero-order chi connectivity index (χ0) is 80.7. The van der Waals surface area contributed by atoms with Crippen molar-refractivity contribution in [2.45, 2.75) is 131 Å². The number of ether oxygens (including phenoxy) is 6. The summed E-state index contributed by atoms with van der Waals surface area (Å²) in [6.07, 6.45) is 1.35. The Balaban J connectivity index is 0.000000120. The van der Waals surface area contributed by atoms with Gasteiger partial charge in [0, 0.05) is 184 Å². The Kier molecular flexibility index (Phi) is 28.0. The number of alkyl halides is 2. The summed E-state index contributed by atoms with van der Waals surface area (Å²) < 4.78 is 32.4. The van der Waals surface area contributed by atoms with E-state index in [1.807, 2.05) is 12.1 Å². The zero-order valence-corrected chi connectivity index (χ0v) is 78.1. The predicted molar refractivity (Wildman–Crippen MR) is 476 cm³/mol. The van der Waals surface area contributed by atoms with Crippen LogP contribution in [0.25, 0.3) is 0 Å². The number of para-hydroxylation sites is 2. The number of benzene rings is 8. The molecule has 122 heavy (non-hydrogen) atoms. The fourth-order valence-corrected chi connectivity index (χ4v) is 20.2. The Morgan fingerprint density at radius 2 is 0.680 bits per heavy atom. The second-order valence-corrected chi connectivity index (χ2v) is 35.0. The van der Waals surface area contributed by atoms with Crippen LogP contribution in [-0.2, 0) is 97.5 Å². The van der Waals surface area contributed by atoms with Crippen molar-refractivity contribution in [1.82, 2.24) is 19.6 Å². The molecule has 8 bridgehead atoms. The molecule has 4 unspecified atom stereocenters. The van der Waals surface area contributed by atoms with Gasteiger partial charge >= 0.3 is 59.1 Å². The van der Waals surface area contributed by atoms with E-state index in [9.17, 15) is 10.2 Å². The van der Waals surface area contributed by atoms with Gasteiger partial charge in [-0.1, -0.05) is 48.5 Å². The second kappa shape index (κ2) is 38.1. The van der Waals surface area contributed by atoms with Crippen molar-refractivity contribution in [2.24, 2.45) is 0 Å². The van der Waals surface area contributed by atoms with Crippen LogP contribution in [-0.4, -0.2) is 224 Å². The van der Waals surface area contributed by atoms with E-state index in [-0.39, 0.29) is 82.3 Å². The number of phenols is 2. The molecule has 0 amide bonds. The first-order valence-electron chi connectivity index (χ1n) is 42.6. The van der Waals surface area contributed by atoms with Crippen molar-refractivity contribution >= 4 is 91.5 Å². The van der Waals surface area contributed by atoms with Crippen molar-refractivity contribution in [3.05, 3.63) is 188 Å². The van der Waals surface area contributed by atoms with Crippen LogP contribution in [0.5, 0.6) is 23.0 Å². The van der Waals surface area contributed by atoms with Crippen molar-refractivity contribution in [2.75, 3.05) is 218 Å². The topological polar surface area (TPSA) is 221 Å². The van der Waals surface area contributed by atoms with Crippen LogP contribution in [0.2, 0.25) is 0 Å². The maximum atomic E-state index is 10.8. The summed E-state index contributed by atoms with van der Waals surface area (Å²) in [4.78, 5) is 39.1. The maximum absolute atomic E-state index is 10.8. The molecule has 30 heteroatoms. The molecule has 4 N–H and O–H groups in total. The average molecular weight is 1720 g/mol. The van der Waals surface area contributed by atoms with Crippen LogP contribution in [0.4, 0.5) is 68.2 Å². The second-order valence-electron chi connectivity index (χ2n) is 34.4. The molecule has 16 aliphatic heterocycles. The van der Waals surface area contributed by atoms with Crippen LogP contribution in [0.3, 0.4) is 0 Å². The Morgan fingerprint density at radius 1 is 0.328 bits per heavy atom. The Labute approximate surface area is 773 Å². The minimum atomic E-state index is 0. The minimum absolute atomic E-state index is 0. The third-order valence-electron chi connectivity index (χ3n) is 25.5. The first-order chi connectivity index (χ1) is 57.6. The van der Waals surface area contributed by atoms with Gasteiger partial charge in [0.1, 0.15) is 48.4 Å². The molecule has 0 aliphatic carbocycles. The molecule has 4 saturated heterocycles. The monoisotopic (exact) mass is 1720 g/mol. The third-order valence-corrected chi connectivity index (χ3v) is 26.2. The van der Waals surface area contributed by atoms with E-state index in [0.29, 0.717) is 48.7 Å². The molecule has 0 spiro atoms. The van der Waals surface area contributed by atoms with Crippen LogP contribution < -0.4 is 127 Å². The number of anilines is 12. The summed E-state index contributed by atoms with van der Waals surface area (Å²) in [6.45, 7) is 36.5. The number of phenolic OH excluding ortho intramolecular Hbond substituents is 2. The van der Waals surface area contributed by atoms with Crippen molar-refractivity contribution in [3.8, 4) is 23.0 Å². The van der Waals surface area contributed by atoms with E-state index >= 15 is 0 Å². The average Bonchev–Trinajstić information content (AvgIpc) is 1.26. The van der Waals surface area contributed by atoms with E-state index in [1.54, 1.807) is 6.07 Å².